The molecule has 2 N–H and O–H groups in total. The number of nitrogens with zero attached hydrogens (tertiary/aromatic N) is 2. The van der Waals surface area contributed by atoms with E-state index in [1.54, 1.807) is 0 Å². The van der Waals surface area contributed by atoms with E-state index < -0.39 is 0 Å². The highest BCUT2D eigenvalue weighted by atomic mass is 16.2. The van der Waals surface area contributed by atoms with Crippen LogP contribution in [0.15, 0.2) is 65.6 Å². The summed E-state index contributed by atoms with van der Waals surface area (Å²) in [6, 6.07) is 8.50. The molecule has 0 aromatic heterocycles. The summed E-state index contributed by atoms with van der Waals surface area (Å²) >= 11 is 0. The van der Waals surface area contributed by atoms with Crippen molar-refractivity contribution in [3.05, 3.63) is 66.2 Å². The molecule has 1 aromatic rings. The Morgan fingerprint density at radius 1 is 1.12 bits per heavy atom. The van der Waals surface area contributed by atoms with Crippen LogP contribution in [0.4, 0.5) is 5.69 Å². The van der Waals surface area contributed by atoms with E-state index in [0.717, 1.165) is 34.1 Å². The minimum absolute atomic E-state index is 0.129. The van der Waals surface area contributed by atoms with Crippen LogP contribution in [0.3, 0.4) is 0 Å². The van der Waals surface area contributed by atoms with Gasteiger partial charge < -0.3 is 15.3 Å². The summed E-state index contributed by atoms with van der Waals surface area (Å²) in [4.78, 5) is 7.46. The van der Waals surface area contributed by atoms with Crippen LogP contribution < -0.4 is 10.2 Å². The lowest BCUT2D eigenvalue weighted by Gasteiger charge is -2.35. The summed E-state index contributed by atoms with van der Waals surface area (Å²) in [6.07, 6.45) is 9.28. The van der Waals surface area contributed by atoms with E-state index in [4.69, 9.17) is 10.1 Å². The first-order chi connectivity index (χ1) is 12.7. The monoisotopic (exact) mass is 349 g/mol. The third-order valence-electron chi connectivity index (χ3n) is 5.62. The number of aliphatic imine (C=N–C) groups is 1. The zero-order valence-corrected chi connectivity index (χ0v) is 15.2. The Kier molecular flexibility index (Phi) is 4.68. The average molecular weight is 349 g/mol. The maximum absolute atomic E-state index is 9.16. The van der Waals surface area contributed by atoms with E-state index in [2.05, 4.69) is 53.7 Å². The van der Waals surface area contributed by atoms with Gasteiger partial charge in [-0.25, -0.2) is 0 Å². The highest BCUT2D eigenvalue weighted by Crippen LogP contribution is 2.40. The Hall–Kier alpha value is -2.33. The summed E-state index contributed by atoms with van der Waals surface area (Å²) in [5, 5.41) is 12.4. The number of allylic oxidation sites excluding steroid dienone is 1. The number of nitrogens with one attached hydrogen (secondary N) is 1. The Morgan fingerprint density at radius 2 is 1.85 bits per heavy atom. The van der Waals surface area contributed by atoms with E-state index in [0.29, 0.717) is 12.3 Å². The van der Waals surface area contributed by atoms with Gasteiger partial charge in [-0.05, 0) is 43.0 Å². The van der Waals surface area contributed by atoms with Gasteiger partial charge in [0.25, 0.3) is 0 Å². The van der Waals surface area contributed by atoms with Crippen molar-refractivity contribution < 1.29 is 5.11 Å². The number of fused-ring (bicyclic) bond motifs is 1. The Morgan fingerprint density at radius 3 is 2.54 bits per heavy atom. The summed E-state index contributed by atoms with van der Waals surface area (Å²) in [5.74, 6) is 0.570. The number of anilines is 1. The van der Waals surface area contributed by atoms with Gasteiger partial charge in [-0.1, -0.05) is 44.6 Å². The second-order valence-electron chi connectivity index (χ2n) is 7.46. The molecule has 3 aliphatic rings. The fourth-order valence-electron chi connectivity index (χ4n) is 4.33. The smallest absolute Gasteiger partial charge is 0.129 e. The van der Waals surface area contributed by atoms with Gasteiger partial charge in [0, 0.05) is 23.9 Å². The van der Waals surface area contributed by atoms with Crippen molar-refractivity contribution in [1.29, 1.82) is 0 Å². The molecule has 26 heavy (non-hydrogen) atoms. The van der Waals surface area contributed by atoms with Crippen molar-refractivity contribution in [2.75, 3.05) is 11.5 Å². The maximum atomic E-state index is 9.16. The van der Waals surface area contributed by atoms with Crippen molar-refractivity contribution in [3.63, 3.8) is 0 Å². The highest BCUT2D eigenvalue weighted by Gasteiger charge is 2.39. The van der Waals surface area contributed by atoms with Crippen molar-refractivity contribution in [3.8, 4) is 0 Å². The lowest BCUT2D eigenvalue weighted by atomic mass is 9.86. The minimum Gasteiger partial charge on any atom is -0.396 e. The van der Waals surface area contributed by atoms with E-state index in [9.17, 15) is 0 Å². The second-order valence-corrected chi connectivity index (χ2v) is 7.46. The van der Waals surface area contributed by atoms with Crippen molar-refractivity contribution in [2.45, 2.75) is 44.7 Å². The molecule has 0 spiro atoms. The molecule has 2 heterocycles. The zero-order valence-electron chi connectivity index (χ0n) is 15.2. The summed E-state index contributed by atoms with van der Waals surface area (Å²) in [6.45, 7) is 8.40. The van der Waals surface area contributed by atoms with E-state index in [1.165, 1.54) is 32.1 Å². The number of aliphatic hydroxyl groups is 1. The average Bonchev–Trinajstić information content (AvgIpc) is 3.03. The Labute approximate surface area is 155 Å². The molecule has 1 unspecified atom stereocenters. The molecule has 136 valence electrons. The molecule has 4 nitrogen and oxygen atoms in total. The molecule has 1 atom stereocenters. The SMILES string of the molecule is C=C1C=C2C(=NC(C3CCCCC3)N2c2ccc(CCO)cc2)C(=C)N1. The van der Waals surface area contributed by atoms with Crippen LogP contribution >= 0.6 is 0 Å². The van der Waals surface area contributed by atoms with Gasteiger partial charge in [-0.15, -0.1) is 0 Å². The molecule has 4 rings (SSSR count). The minimum atomic E-state index is 0.129. The molecule has 0 radical (unpaired) electrons. The summed E-state index contributed by atoms with van der Waals surface area (Å²) in [7, 11) is 0. The molecule has 2 aliphatic heterocycles. The van der Waals surface area contributed by atoms with E-state index in [-0.39, 0.29) is 12.8 Å². The van der Waals surface area contributed by atoms with E-state index in [1.807, 2.05) is 0 Å². The molecule has 1 saturated carbocycles. The maximum Gasteiger partial charge on any atom is 0.129 e. The number of hydrogen-bond donors (Lipinski definition) is 2. The van der Waals surface area contributed by atoms with Gasteiger partial charge in [-0.3, -0.25) is 4.99 Å². The summed E-state index contributed by atoms with van der Waals surface area (Å²) < 4.78 is 0. The molecule has 1 fully saturated rings. The van der Waals surface area contributed by atoms with Crippen LogP contribution in [0, 0.1) is 5.92 Å². The molecule has 4 heteroatoms. The van der Waals surface area contributed by atoms with Gasteiger partial charge in [0.2, 0.25) is 0 Å². The Bertz CT molecular complexity index is 769. The zero-order chi connectivity index (χ0) is 18.1. The van der Waals surface area contributed by atoms with Gasteiger partial charge in [0.1, 0.15) is 11.9 Å². The largest absolute Gasteiger partial charge is 0.396 e. The topological polar surface area (TPSA) is 47.9 Å². The molecule has 0 saturated heterocycles. The van der Waals surface area contributed by atoms with Gasteiger partial charge in [0.05, 0.1) is 11.4 Å². The van der Waals surface area contributed by atoms with Crippen LogP contribution in [0.2, 0.25) is 0 Å². The number of rotatable bonds is 4. The van der Waals surface area contributed by atoms with Crippen LogP contribution in [-0.4, -0.2) is 23.6 Å². The van der Waals surface area contributed by atoms with Gasteiger partial charge in [0.15, 0.2) is 0 Å². The molecule has 0 bridgehead atoms. The highest BCUT2D eigenvalue weighted by molar-refractivity contribution is 6.17. The molecule has 1 aliphatic carbocycles. The number of hydrogen-bond acceptors (Lipinski definition) is 4. The summed E-state index contributed by atoms with van der Waals surface area (Å²) in [5.41, 5.74) is 6.06. The predicted octanol–water partition coefficient (Wildman–Crippen LogP) is 3.90. The fourth-order valence-corrected chi connectivity index (χ4v) is 4.33. The van der Waals surface area contributed by atoms with Gasteiger partial charge in [-0.2, -0.15) is 0 Å². The van der Waals surface area contributed by atoms with Crippen LogP contribution in [-0.2, 0) is 6.42 Å². The molecule has 0 amide bonds. The van der Waals surface area contributed by atoms with Crippen LogP contribution in [0.25, 0.3) is 0 Å². The molecular weight excluding hydrogens is 322 g/mol. The number of aliphatic hydroxyl groups excluding tert-OH is 1. The third-order valence-corrected chi connectivity index (χ3v) is 5.62. The first-order valence-corrected chi connectivity index (χ1v) is 9.61. The van der Waals surface area contributed by atoms with Crippen molar-refractivity contribution >= 4 is 11.4 Å². The third kappa shape index (κ3) is 3.10. The predicted molar refractivity (Wildman–Crippen MR) is 107 cm³/mol. The lowest BCUT2D eigenvalue weighted by molar-refractivity contribution is 0.299. The van der Waals surface area contributed by atoms with E-state index >= 15 is 0 Å². The quantitative estimate of drug-likeness (QED) is 0.867. The Balaban J connectivity index is 1.72. The first-order valence-electron chi connectivity index (χ1n) is 9.61. The van der Waals surface area contributed by atoms with Gasteiger partial charge >= 0.3 is 0 Å². The standard InChI is InChI=1S/C22H27N3O/c1-15-14-20-21(16(2)23-15)24-22(18-6-4-3-5-7-18)25(20)19-10-8-17(9-11-19)12-13-26/h8-11,14,18,22-23,26H,1-7,12-13H2. The molecule has 1 aromatic carbocycles. The fraction of sp³-hybridized carbons (Fsp3) is 0.409. The molecular formula is C22H27N3O. The lowest BCUT2D eigenvalue weighted by Crippen LogP contribution is -2.37. The second kappa shape index (κ2) is 7.12. The van der Waals surface area contributed by atoms with Crippen LogP contribution in [0.5, 0.6) is 0 Å². The van der Waals surface area contributed by atoms with Crippen molar-refractivity contribution in [2.24, 2.45) is 10.9 Å². The normalized spacial score (nSPS) is 23.4. The first kappa shape index (κ1) is 17.1. The van der Waals surface area contributed by atoms with Crippen LogP contribution in [0.1, 0.15) is 37.7 Å². The number of benzene rings is 1. The van der Waals surface area contributed by atoms with Crippen molar-refractivity contribution in [1.82, 2.24) is 5.32 Å².